The molecule has 7 heteroatoms. The van der Waals surface area contributed by atoms with E-state index >= 15 is 0 Å². The molecule has 152 valence electrons. The number of nitrogens with one attached hydrogen (secondary N) is 1. The first-order chi connectivity index (χ1) is 14.1. The second kappa shape index (κ2) is 8.80. The highest BCUT2D eigenvalue weighted by molar-refractivity contribution is 7.09. The van der Waals surface area contributed by atoms with Gasteiger partial charge in [0, 0.05) is 23.4 Å². The molecule has 6 nitrogen and oxygen atoms in total. The quantitative estimate of drug-likeness (QED) is 0.628. The van der Waals surface area contributed by atoms with E-state index in [0.29, 0.717) is 29.2 Å². The zero-order valence-corrected chi connectivity index (χ0v) is 17.2. The van der Waals surface area contributed by atoms with Gasteiger partial charge in [-0.15, -0.1) is 11.3 Å². The van der Waals surface area contributed by atoms with Crippen LogP contribution in [0.4, 0.5) is 0 Å². The van der Waals surface area contributed by atoms with Gasteiger partial charge in [-0.3, -0.25) is 9.69 Å². The number of nitrogens with zero attached hydrogens (tertiary/aromatic N) is 1. The van der Waals surface area contributed by atoms with E-state index < -0.39 is 5.63 Å². The van der Waals surface area contributed by atoms with Gasteiger partial charge in [-0.05, 0) is 55.4 Å². The molecule has 2 aromatic heterocycles. The van der Waals surface area contributed by atoms with Crippen LogP contribution in [0.1, 0.15) is 28.1 Å². The molecular weight excluding hydrogens is 388 g/mol. The third-order valence-electron chi connectivity index (χ3n) is 5.41. The summed E-state index contributed by atoms with van der Waals surface area (Å²) in [6.07, 6.45) is 2.07. The Morgan fingerprint density at radius 2 is 2.10 bits per heavy atom. The standard InChI is InChI=1S/C22H24N2O4S/c1-27-19-6-2-4-16-12-18(22(26)28-20(16)19)21(25)23-13-15-7-9-24(10-8-15)14-17-5-3-11-29-17/h2-6,11-12,15H,7-10,13-14H2,1H3,(H,23,25). The molecule has 3 heterocycles. The largest absolute Gasteiger partial charge is 0.493 e. The van der Waals surface area contributed by atoms with Gasteiger partial charge in [0.2, 0.25) is 0 Å². The molecule has 0 spiro atoms. The average Bonchev–Trinajstić information content (AvgIpc) is 3.25. The predicted octanol–water partition coefficient (Wildman–Crippen LogP) is 3.51. The topological polar surface area (TPSA) is 71.8 Å². The van der Waals surface area contributed by atoms with E-state index in [-0.39, 0.29) is 11.5 Å². The Balaban J connectivity index is 1.34. The molecule has 0 aliphatic carbocycles. The van der Waals surface area contributed by atoms with Gasteiger partial charge in [0.15, 0.2) is 11.3 Å². The summed E-state index contributed by atoms with van der Waals surface area (Å²) < 4.78 is 10.6. The first kappa shape index (κ1) is 19.7. The van der Waals surface area contributed by atoms with E-state index in [4.69, 9.17) is 9.15 Å². The number of carbonyl (C=O) groups is 1. The van der Waals surface area contributed by atoms with Crippen LogP contribution in [0.25, 0.3) is 11.0 Å². The number of rotatable bonds is 6. The molecule has 4 rings (SSSR count). The second-order valence-electron chi connectivity index (χ2n) is 7.34. The summed E-state index contributed by atoms with van der Waals surface area (Å²) in [7, 11) is 1.52. The van der Waals surface area contributed by atoms with Crippen molar-refractivity contribution < 1.29 is 13.9 Å². The van der Waals surface area contributed by atoms with Gasteiger partial charge in [0.1, 0.15) is 5.56 Å². The summed E-state index contributed by atoms with van der Waals surface area (Å²) in [4.78, 5) is 28.7. The molecule has 0 saturated carbocycles. The first-order valence-corrected chi connectivity index (χ1v) is 10.7. The Bertz CT molecular complexity index is 1040. The maximum absolute atomic E-state index is 12.6. The van der Waals surface area contributed by atoms with Gasteiger partial charge >= 0.3 is 5.63 Å². The van der Waals surface area contributed by atoms with Gasteiger partial charge in [-0.2, -0.15) is 0 Å². The first-order valence-electron chi connectivity index (χ1n) is 9.78. The van der Waals surface area contributed by atoms with Crippen LogP contribution < -0.4 is 15.7 Å². The van der Waals surface area contributed by atoms with E-state index in [2.05, 4.69) is 27.7 Å². The number of hydrogen-bond donors (Lipinski definition) is 1. The Morgan fingerprint density at radius 3 is 2.83 bits per heavy atom. The van der Waals surface area contributed by atoms with E-state index in [1.807, 2.05) is 0 Å². The SMILES string of the molecule is COc1cccc2cc(C(=O)NCC3CCN(Cc4cccs4)CC3)c(=O)oc12. The van der Waals surface area contributed by atoms with Crippen LogP contribution in [-0.2, 0) is 6.54 Å². The molecule has 3 aromatic rings. The number of fused-ring (bicyclic) bond motifs is 1. The highest BCUT2D eigenvalue weighted by Gasteiger charge is 2.21. The molecule has 1 amide bonds. The fourth-order valence-corrected chi connectivity index (χ4v) is 4.49. The lowest BCUT2D eigenvalue weighted by atomic mass is 9.96. The number of ether oxygens (including phenoxy) is 1. The number of para-hydroxylation sites is 1. The van der Waals surface area contributed by atoms with E-state index in [1.165, 1.54) is 12.0 Å². The summed E-state index contributed by atoms with van der Waals surface area (Å²) in [5.41, 5.74) is -0.263. The van der Waals surface area contributed by atoms with Crippen molar-refractivity contribution in [2.45, 2.75) is 19.4 Å². The summed E-state index contributed by atoms with van der Waals surface area (Å²) in [6, 6.07) is 11.1. The summed E-state index contributed by atoms with van der Waals surface area (Å²) >= 11 is 1.79. The highest BCUT2D eigenvalue weighted by Crippen LogP contribution is 2.24. The lowest BCUT2D eigenvalue weighted by molar-refractivity contribution is 0.0932. The number of thiophene rings is 1. The van der Waals surface area contributed by atoms with Gasteiger partial charge < -0.3 is 14.5 Å². The van der Waals surface area contributed by atoms with Gasteiger partial charge in [-0.1, -0.05) is 18.2 Å². The van der Waals surface area contributed by atoms with Crippen LogP contribution in [0.3, 0.4) is 0 Å². The lowest BCUT2D eigenvalue weighted by Gasteiger charge is -2.31. The van der Waals surface area contributed by atoms with Gasteiger partial charge in [-0.25, -0.2) is 4.79 Å². The Labute approximate surface area is 173 Å². The highest BCUT2D eigenvalue weighted by atomic mass is 32.1. The molecule has 0 atom stereocenters. The van der Waals surface area contributed by atoms with Crippen molar-refractivity contribution in [2.24, 2.45) is 5.92 Å². The van der Waals surface area contributed by atoms with Crippen molar-refractivity contribution in [3.05, 3.63) is 62.6 Å². The van der Waals surface area contributed by atoms with Crippen molar-refractivity contribution in [3.8, 4) is 5.75 Å². The molecule has 29 heavy (non-hydrogen) atoms. The number of piperidine rings is 1. The lowest BCUT2D eigenvalue weighted by Crippen LogP contribution is -2.39. The smallest absolute Gasteiger partial charge is 0.349 e. The third kappa shape index (κ3) is 4.52. The molecule has 1 aliphatic rings. The van der Waals surface area contributed by atoms with Crippen LogP contribution in [0, 0.1) is 5.92 Å². The summed E-state index contributed by atoms with van der Waals surface area (Å²) in [6.45, 7) is 3.62. The van der Waals surface area contributed by atoms with Crippen LogP contribution in [-0.4, -0.2) is 37.6 Å². The van der Waals surface area contributed by atoms with Crippen LogP contribution in [0.15, 0.2) is 51.0 Å². The second-order valence-corrected chi connectivity index (χ2v) is 8.37. The Kier molecular flexibility index (Phi) is 5.97. The van der Waals surface area contributed by atoms with E-state index in [0.717, 1.165) is 32.5 Å². The zero-order chi connectivity index (χ0) is 20.2. The monoisotopic (exact) mass is 412 g/mol. The molecule has 0 unspecified atom stereocenters. The number of amides is 1. The molecule has 1 N–H and O–H groups in total. The van der Waals surface area contributed by atoms with Crippen LogP contribution in [0.2, 0.25) is 0 Å². The predicted molar refractivity (Wildman–Crippen MR) is 114 cm³/mol. The molecule has 0 bridgehead atoms. The number of methoxy groups -OCH3 is 1. The number of benzene rings is 1. The molecule has 1 fully saturated rings. The maximum Gasteiger partial charge on any atom is 0.349 e. The minimum Gasteiger partial charge on any atom is -0.493 e. The minimum absolute atomic E-state index is 0.0286. The summed E-state index contributed by atoms with van der Waals surface area (Å²) in [5.74, 6) is 0.511. The normalized spacial score (nSPS) is 15.5. The number of likely N-dealkylation sites (tertiary alicyclic amines) is 1. The average molecular weight is 413 g/mol. The third-order valence-corrected chi connectivity index (χ3v) is 6.27. The molecule has 1 saturated heterocycles. The molecule has 0 radical (unpaired) electrons. The molecule has 1 aromatic carbocycles. The van der Waals surface area contributed by atoms with Crippen LogP contribution in [0.5, 0.6) is 5.75 Å². The van der Waals surface area contributed by atoms with Crippen molar-refractivity contribution in [1.29, 1.82) is 0 Å². The fourth-order valence-electron chi connectivity index (χ4n) is 3.74. The van der Waals surface area contributed by atoms with Crippen molar-refractivity contribution in [3.63, 3.8) is 0 Å². The Hall–Kier alpha value is -2.64. The van der Waals surface area contributed by atoms with E-state index in [1.54, 1.807) is 35.6 Å². The fraction of sp³-hybridized carbons (Fsp3) is 0.364. The summed E-state index contributed by atoms with van der Waals surface area (Å²) in [5, 5.41) is 5.69. The number of hydrogen-bond acceptors (Lipinski definition) is 6. The maximum atomic E-state index is 12.6. The van der Waals surface area contributed by atoms with Gasteiger partial charge in [0.25, 0.3) is 5.91 Å². The van der Waals surface area contributed by atoms with Gasteiger partial charge in [0.05, 0.1) is 7.11 Å². The molecule has 1 aliphatic heterocycles. The van der Waals surface area contributed by atoms with Crippen LogP contribution >= 0.6 is 11.3 Å². The van der Waals surface area contributed by atoms with Crippen molar-refractivity contribution in [2.75, 3.05) is 26.7 Å². The Morgan fingerprint density at radius 1 is 1.28 bits per heavy atom. The number of carbonyl (C=O) groups excluding carboxylic acids is 1. The zero-order valence-electron chi connectivity index (χ0n) is 16.3. The molecular formula is C22H24N2O4S. The van der Waals surface area contributed by atoms with Crippen molar-refractivity contribution in [1.82, 2.24) is 10.2 Å². The van der Waals surface area contributed by atoms with E-state index in [9.17, 15) is 9.59 Å². The minimum atomic E-state index is -0.648. The van der Waals surface area contributed by atoms with Crippen molar-refractivity contribution >= 4 is 28.2 Å².